The number of nitrogens with zero attached hydrogens (tertiary/aromatic N) is 2. The average Bonchev–Trinajstić information content (AvgIpc) is 2.32. The van der Waals surface area contributed by atoms with Crippen molar-refractivity contribution in [3.05, 3.63) is 22.8 Å². The molecular formula is C12H18ClN3O2S. The molecule has 2 rings (SSSR count). The fourth-order valence-corrected chi connectivity index (χ4v) is 3.99. The van der Waals surface area contributed by atoms with Crippen LogP contribution >= 0.6 is 11.6 Å². The molecule has 1 saturated heterocycles. The summed E-state index contributed by atoms with van der Waals surface area (Å²) in [6, 6.07) is 3.59. The lowest BCUT2D eigenvalue weighted by Crippen LogP contribution is -2.47. The lowest BCUT2D eigenvalue weighted by molar-refractivity contribution is 0.566. The van der Waals surface area contributed by atoms with Crippen LogP contribution in [0.15, 0.2) is 12.1 Å². The summed E-state index contributed by atoms with van der Waals surface area (Å²) in [5.74, 6) is 1.15. The molecule has 0 aromatic carbocycles. The number of sulfone groups is 1. The van der Waals surface area contributed by atoms with Gasteiger partial charge >= 0.3 is 0 Å². The van der Waals surface area contributed by atoms with E-state index in [0.29, 0.717) is 18.1 Å². The molecule has 1 aliphatic heterocycles. The van der Waals surface area contributed by atoms with Gasteiger partial charge in [-0.3, -0.25) is 0 Å². The summed E-state index contributed by atoms with van der Waals surface area (Å²) in [6.45, 7) is 2.98. The highest BCUT2D eigenvalue weighted by Gasteiger charge is 2.29. The molecule has 0 amide bonds. The van der Waals surface area contributed by atoms with E-state index in [1.165, 1.54) is 0 Å². The van der Waals surface area contributed by atoms with Gasteiger partial charge in [-0.15, -0.1) is 0 Å². The minimum Gasteiger partial charge on any atom is -0.352 e. The largest absolute Gasteiger partial charge is 0.352 e. The van der Waals surface area contributed by atoms with Gasteiger partial charge in [-0.05, 0) is 26.1 Å². The number of rotatable bonds is 3. The van der Waals surface area contributed by atoms with E-state index in [-0.39, 0.29) is 17.5 Å². The molecule has 0 bridgehead atoms. The van der Waals surface area contributed by atoms with Crippen LogP contribution in [0.5, 0.6) is 0 Å². The molecule has 0 spiro atoms. The zero-order valence-electron chi connectivity index (χ0n) is 11.1. The van der Waals surface area contributed by atoms with Crippen molar-refractivity contribution in [2.75, 3.05) is 30.0 Å². The fourth-order valence-electron chi connectivity index (χ4n) is 2.26. The molecule has 7 heteroatoms. The summed E-state index contributed by atoms with van der Waals surface area (Å²) in [5.41, 5.74) is 0.780. The number of nitrogens with one attached hydrogen (secondary N) is 1. The molecule has 0 saturated carbocycles. The zero-order chi connectivity index (χ0) is 14.0. The summed E-state index contributed by atoms with van der Waals surface area (Å²) in [5, 5.41) is 3.64. The average molecular weight is 304 g/mol. The van der Waals surface area contributed by atoms with Gasteiger partial charge in [0.2, 0.25) is 0 Å². The number of halogens is 1. The van der Waals surface area contributed by atoms with Gasteiger partial charge in [-0.1, -0.05) is 11.6 Å². The molecule has 1 aromatic rings. The van der Waals surface area contributed by atoms with Crippen LogP contribution in [0.4, 0.5) is 5.82 Å². The minimum absolute atomic E-state index is 0.0603. The van der Waals surface area contributed by atoms with Crippen molar-refractivity contribution in [1.82, 2.24) is 10.3 Å². The van der Waals surface area contributed by atoms with E-state index >= 15 is 0 Å². The van der Waals surface area contributed by atoms with Gasteiger partial charge in [-0.25, -0.2) is 13.4 Å². The number of pyridine rings is 1. The van der Waals surface area contributed by atoms with Crippen LogP contribution in [0.25, 0.3) is 0 Å². The SMILES string of the molecule is CNCc1nc(N2CCS(=O)(=O)CC2C)ccc1Cl. The summed E-state index contributed by atoms with van der Waals surface area (Å²) < 4.78 is 23.2. The van der Waals surface area contributed by atoms with Gasteiger partial charge < -0.3 is 10.2 Å². The third-order valence-corrected chi connectivity index (χ3v) is 5.35. The number of anilines is 1. The number of aromatic nitrogens is 1. The van der Waals surface area contributed by atoms with Gasteiger partial charge in [-0.2, -0.15) is 0 Å². The normalized spacial score (nSPS) is 22.5. The highest BCUT2D eigenvalue weighted by molar-refractivity contribution is 7.91. The summed E-state index contributed by atoms with van der Waals surface area (Å²) in [7, 11) is -1.08. The maximum atomic E-state index is 11.6. The first-order valence-corrected chi connectivity index (χ1v) is 8.40. The van der Waals surface area contributed by atoms with Crippen molar-refractivity contribution in [2.45, 2.75) is 19.5 Å². The molecule has 0 aliphatic carbocycles. The molecule has 2 heterocycles. The van der Waals surface area contributed by atoms with Crippen LogP contribution in [-0.4, -0.2) is 44.5 Å². The van der Waals surface area contributed by atoms with E-state index in [4.69, 9.17) is 11.6 Å². The quantitative estimate of drug-likeness (QED) is 0.905. The second kappa shape index (κ2) is 5.64. The van der Waals surface area contributed by atoms with Gasteiger partial charge in [0.25, 0.3) is 0 Å². The highest BCUT2D eigenvalue weighted by Crippen LogP contribution is 2.23. The molecule has 1 aliphatic rings. The maximum absolute atomic E-state index is 11.6. The Morgan fingerprint density at radius 1 is 1.53 bits per heavy atom. The van der Waals surface area contributed by atoms with E-state index in [1.807, 2.05) is 31.0 Å². The van der Waals surface area contributed by atoms with Crippen LogP contribution in [0.2, 0.25) is 5.02 Å². The highest BCUT2D eigenvalue weighted by atomic mass is 35.5. The predicted molar refractivity (Wildman–Crippen MR) is 77.5 cm³/mol. The molecule has 106 valence electrons. The Kier molecular flexibility index (Phi) is 4.32. The third-order valence-electron chi connectivity index (χ3n) is 3.21. The van der Waals surface area contributed by atoms with Crippen molar-refractivity contribution in [3.8, 4) is 0 Å². The van der Waals surface area contributed by atoms with Crippen molar-refractivity contribution < 1.29 is 8.42 Å². The van der Waals surface area contributed by atoms with E-state index in [1.54, 1.807) is 0 Å². The first kappa shape index (κ1) is 14.6. The van der Waals surface area contributed by atoms with Gasteiger partial charge in [0.05, 0.1) is 22.2 Å². The van der Waals surface area contributed by atoms with Crippen LogP contribution in [-0.2, 0) is 16.4 Å². The summed E-state index contributed by atoms with van der Waals surface area (Å²) in [4.78, 5) is 6.54. The number of hydrogen-bond donors (Lipinski definition) is 1. The third kappa shape index (κ3) is 3.38. The van der Waals surface area contributed by atoms with Crippen LogP contribution < -0.4 is 10.2 Å². The molecule has 1 fully saturated rings. The first-order chi connectivity index (χ1) is 8.93. The second-order valence-electron chi connectivity index (χ2n) is 4.79. The molecule has 1 aromatic heterocycles. The Labute approximate surface area is 118 Å². The predicted octanol–water partition coefficient (Wildman–Crippen LogP) is 1.08. The first-order valence-electron chi connectivity index (χ1n) is 6.20. The smallest absolute Gasteiger partial charge is 0.154 e. The summed E-state index contributed by atoms with van der Waals surface area (Å²) in [6.07, 6.45) is 0. The van der Waals surface area contributed by atoms with Gasteiger partial charge in [0.1, 0.15) is 5.82 Å². The molecule has 19 heavy (non-hydrogen) atoms. The Hall–Kier alpha value is -0.850. The van der Waals surface area contributed by atoms with Crippen molar-refractivity contribution >= 4 is 27.3 Å². The monoisotopic (exact) mass is 303 g/mol. The topological polar surface area (TPSA) is 62.3 Å². The molecule has 1 N–H and O–H groups in total. The van der Waals surface area contributed by atoms with Gasteiger partial charge in [0, 0.05) is 19.1 Å². The van der Waals surface area contributed by atoms with Crippen LogP contribution in [0, 0.1) is 0 Å². The lowest BCUT2D eigenvalue weighted by Gasteiger charge is -2.34. The standard InChI is InChI=1S/C12H18ClN3O2S/c1-9-8-19(17,18)6-5-16(9)12-4-3-10(13)11(15-12)7-14-2/h3-4,9,14H,5-8H2,1-2H3. The Bertz CT molecular complexity index is 562. The molecule has 1 atom stereocenters. The lowest BCUT2D eigenvalue weighted by atomic mass is 10.2. The molecule has 0 radical (unpaired) electrons. The van der Waals surface area contributed by atoms with Crippen molar-refractivity contribution in [1.29, 1.82) is 0 Å². The zero-order valence-corrected chi connectivity index (χ0v) is 12.6. The van der Waals surface area contributed by atoms with Crippen LogP contribution in [0.1, 0.15) is 12.6 Å². The maximum Gasteiger partial charge on any atom is 0.154 e. The molecular weight excluding hydrogens is 286 g/mol. The Morgan fingerprint density at radius 3 is 2.89 bits per heavy atom. The Balaban J connectivity index is 2.25. The van der Waals surface area contributed by atoms with E-state index in [9.17, 15) is 8.42 Å². The minimum atomic E-state index is -2.91. The summed E-state index contributed by atoms with van der Waals surface area (Å²) >= 11 is 6.08. The van der Waals surface area contributed by atoms with Crippen molar-refractivity contribution in [2.24, 2.45) is 0 Å². The van der Waals surface area contributed by atoms with Gasteiger partial charge in [0.15, 0.2) is 9.84 Å². The second-order valence-corrected chi connectivity index (χ2v) is 7.42. The molecule has 1 unspecified atom stereocenters. The Morgan fingerprint density at radius 2 is 2.26 bits per heavy atom. The molecule has 5 nitrogen and oxygen atoms in total. The fraction of sp³-hybridized carbons (Fsp3) is 0.583. The van der Waals surface area contributed by atoms with Crippen molar-refractivity contribution in [3.63, 3.8) is 0 Å². The van der Waals surface area contributed by atoms with E-state index in [2.05, 4.69) is 10.3 Å². The van der Waals surface area contributed by atoms with Crippen LogP contribution in [0.3, 0.4) is 0 Å². The van der Waals surface area contributed by atoms with E-state index < -0.39 is 9.84 Å². The number of hydrogen-bond acceptors (Lipinski definition) is 5. The van der Waals surface area contributed by atoms with E-state index in [0.717, 1.165) is 11.5 Å².